The fourth-order valence-corrected chi connectivity index (χ4v) is 2.38. The maximum Gasteiger partial charge on any atom is 0.303 e. The highest BCUT2D eigenvalue weighted by atomic mass is 16.5. The van der Waals surface area contributed by atoms with E-state index >= 15 is 0 Å². The molecule has 0 aromatic heterocycles. The van der Waals surface area contributed by atoms with Crippen molar-refractivity contribution in [3.63, 3.8) is 0 Å². The van der Waals surface area contributed by atoms with Gasteiger partial charge >= 0.3 is 5.97 Å². The number of ether oxygens (including phenoxy) is 2. The second kappa shape index (κ2) is 5.87. The van der Waals surface area contributed by atoms with Gasteiger partial charge in [0, 0.05) is 12.0 Å². The summed E-state index contributed by atoms with van der Waals surface area (Å²) >= 11 is 0. The molecule has 4 heteroatoms. The smallest absolute Gasteiger partial charge is 0.303 e. The largest absolute Gasteiger partial charge is 0.489 e. The van der Waals surface area contributed by atoms with E-state index in [0.717, 1.165) is 22.6 Å². The van der Waals surface area contributed by atoms with Crippen molar-refractivity contribution < 1.29 is 19.4 Å². The summed E-state index contributed by atoms with van der Waals surface area (Å²) < 4.78 is 11.5. The highest BCUT2D eigenvalue weighted by Crippen LogP contribution is 2.35. The van der Waals surface area contributed by atoms with Gasteiger partial charge in [-0.05, 0) is 30.2 Å². The molecule has 0 bridgehead atoms. The Balaban J connectivity index is 1.65. The van der Waals surface area contributed by atoms with Crippen LogP contribution in [-0.2, 0) is 11.2 Å². The number of benzene rings is 2. The van der Waals surface area contributed by atoms with Crippen molar-refractivity contribution >= 4 is 5.97 Å². The molecule has 1 aliphatic heterocycles. The van der Waals surface area contributed by atoms with E-state index in [0.29, 0.717) is 13.0 Å². The molecule has 1 heterocycles. The molecule has 0 spiro atoms. The number of carboxylic acid groups (broad SMARTS) is 1. The number of rotatable bonds is 5. The standard InChI is InChI=1S/C17H16O4/c18-17(19)10-7-12-5-8-13(9-6-12)21-16-11-20-15-4-2-1-3-14(15)16/h1-6,8-9,16H,7,10-11H2,(H,18,19). The molecular formula is C17H16O4. The van der Waals surface area contributed by atoms with Crippen molar-refractivity contribution in [3.05, 3.63) is 59.7 Å². The molecule has 0 saturated heterocycles. The number of aryl methyl sites for hydroxylation is 1. The van der Waals surface area contributed by atoms with Gasteiger partial charge in [0.25, 0.3) is 0 Å². The second-order valence-electron chi connectivity index (χ2n) is 4.99. The third-order valence-electron chi connectivity index (χ3n) is 3.49. The van der Waals surface area contributed by atoms with E-state index in [1.165, 1.54) is 0 Å². The zero-order chi connectivity index (χ0) is 14.7. The summed E-state index contributed by atoms with van der Waals surface area (Å²) in [6.07, 6.45) is 0.584. The molecule has 4 nitrogen and oxygen atoms in total. The quantitative estimate of drug-likeness (QED) is 0.916. The summed E-state index contributed by atoms with van der Waals surface area (Å²) in [5, 5.41) is 8.67. The van der Waals surface area contributed by atoms with Gasteiger partial charge in [-0.1, -0.05) is 30.3 Å². The first kappa shape index (κ1) is 13.5. The summed E-state index contributed by atoms with van der Waals surface area (Å²) in [6.45, 7) is 0.514. The first-order valence-electron chi connectivity index (χ1n) is 6.91. The molecule has 2 aromatic carbocycles. The van der Waals surface area contributed by atoms with Gasteiger partial charge in [0.2, 0.25) is 0 Å². The lowest BCUT2D eigenvalue weighted by atomic mass is 10.1. The highest BCUT2D eigenvalue weighted by molar-refractivity contribution is 5.67. The van der Waals surface area contributed by atoms with E-state index in [1.54, 1.807) is 0 Å². The lowest BCUT2D eigenvalue weighted by Crippen LogP contribution is -2.08. The van der Waals surface area contributed by atoms with Crippen LogP contribution in [0.4, 0.5) is 0 Å². The van der Waals surface area contributed by atoms with Crippen LogP contribution in [0.15, 0.2) is 48.5 Å². The number of fused-ring (bicyclic) bond motifs is 1. The van der Waals surface area contributed by atoms with Crippen molar-refractivity contribution in [1.82, 2.24) is 0 Å². The molecule has 108 valence electrons. The molecular weight excluding hydrogens is 268 g/mol. The predicted octanol–water partition coefficient (Wildman–Crippen LogP) is 3.22. The van der Waals surface area contributed by atoms with Crippen LogP contribution in [0.25, 0.3) is 0 Å². The van der Waals surface area contributed by atoms with E-state index in [1.807, 2.05) is 48.5 Å². The number of hydrogen-bond donors (Lipinski definition) is 1. The molecule has 3 rings (SSSR count). The second-order valence-corrected chi connectivity index (χ2v) is 4.99. The van der Waals surface area contributed by atoms with Gasteiger partial charge in [-0.15, -0.1) is 0 Å². The number of carboxylic acids is 1. The minimum atomic E-state index is -0.782. The molecule has 0 aliphatic carbocycles. The zero-order valence-corrected chi connectivity index (χ0v) is 11.5. The first-order valence-corrected chi connectivity index (χ1v) is 6.91. The van der Waals surface area contributed by atoms with Gasteiger partial charge in [-0.2, -0.15) is 0 Å². The number of para-hydroxylation sites is 1. The zero-order valence-electron chi connectivity index (χ0n) is 11.5. The van der Waals surface area contributed by atoms with Crippen LogP contribution in [0.5, 0.6) is 11.5 Å². The van der Waals surface area contributed by atoms with Crippen molar-refractivity contribution in [2.75, 3.05) is 6.61 Å². The van der Waals surface area contributed by atoms with Crippen molar-refractivity contribution in [2.24, 2.45) is 0 Å². The average Bonchev–Trinajstić information content (AvgIpc) is 2.90. The van der Waals surface area contributed by atoms with Gasteiger partial charge in [0.1, 0.15) is 18.1 Å². The van der Waals surface area contributed by atoms with Crippen LogP contribution in [-0.4, -0.2) is 17.7 Å². The van der Waals surface area contributed by atoms with Crippen LogP contribution in [0, 0.1) is 0 Å². The minimum Gasteiger partial charge on any atom is -0.489 e. The molecule has 0 radical (unpaired) electrons. The topological polar surface area (TPSA) is 55.8 Å². The Labute approximate surface area is 122 Å². The molecule has 2 aromatic rings. The van der Waals surface area contributed by atoms with E-state index in [9.17, 15) is 4.79 Å². The summed E-state index contributed by atoms with van der Waals surface area (Å²) in [5.41, 5.74) is 2.06. The maximum atomic E-state index is 10.5. The molecule has 1 N–H and O–H groups in total. The minimum absolute atomic E-state index is 0.0916. The van der Waals surface area contributed by atoms with Crippen LogP contribution in [0.1, 0.15) is 23.7 Å². The fourth-order valence-electron chi connectivity index (χ4n) is 2.38. The Morgan fingerprint density at radius 1 is 1.19 bits per heavy atom. The predicted molar refractivity (Wildman–Crippen MR) is 77.7 cm³/mol. The highest BCUT2D eigenvalue weighted by Gasteiger charge is 2.25. The number of aliphatic carboxylic acids is 1. The van der Waals surface area contributed by atoms with Gasteiger partial charge in [-0.3, -0.25) is 4.79 Å². The summed E-state index contributed by atoms with van der Waals surface area (Å²) in [6, 6.07) is 15.4. The monoisotopic (exact) mass is 284 g/mol. The Morgan fingerprint density at radius 3 is 2.71 bits per heavy atom. The van der Waals surface area contributed by atoms with Gasteiger partial charge < -0.3 is 14.6 Å². The maximum absolute atomic E-state index is 10.5. The fraction of sp³-hybridized carbons (Fsp3) is 0.235. The third kappa shape index (κ3) is 3.16. The lowest BCUT2D eigenvalue weighted by Gasteiger charge is -2.13. The van der Waals surface area contributed by atoms with Crippen LogP contribution >= 0.6 is 0 Å². The summed E-state index contributed by atoms with van der Waals surface area (Å²) in [7, 11) is 0. The summed E-state index contributed by atoms with van der Waals surface area (Å²) in [5.74, 6) is 0.856. The van der Waals surface area contributed by atoms with E-state index in [2.05, 4.69) is 0 Å². The molecule has 1 atom stereocenters. The Morgan fingerprint density at radius 2 is 1.95 bits per heavy atom. The molecule has 1 unspecified atom stereocenters. The molecule has 0 amide bonds. The van der Waals surface area contributed by atoms with Crippen molar-refractivity contribution in [1.29, 1.82) is 0 Å². The number of hydrogen-bond acceptors (Lipinski definition) is 3. The molecule has 0 fully saturated rings. The van der Waals surface area contributed by atoms with E-state index in [4.69, 9.17) is 14.6 Å². The molecule has 0 saturated carbocycles. The Hall–Kier alpha value is -2.49. The van der Waals surface area contributed by atoms with Gasteiger partial charge in [-0.25, -0.2) is 0 Å². The van der Waals surface area contributed by atoms with Crippen molar-refractivity contribution in [3.8, 4) is 11.5 Å². The van der Waals surface area contributed by atoms with Gasteiger partial charge in [0.15, 0.2) is 6.10 Å². The normalized spacial score (nSPS) is 16.1. The Kier molecular flexibility index (Phi) is 3.77. The number of carbonyl (C=O) groups is 1. The van der Waals surface area contributed by atoms with Gasteiger partial charge in [0.05, 0.1) is 0 Å². The Bertz CT molecular complexity index is 633. The van der Waals surface area contributed by atoms with Crippen LogP contribution < -0.4 is 9.47 Å². The summed E-state index contributed by atoms with van der Waals surface area (Å²) in [4.78, 5) is 10.5. The third-order valence-corrected chi connectivity index (χ3v) is 3.49. The lowest BCUT2D eigenvalue weighted by molar-refractivity contribution is -0.136. The molecule has 1 aliphatic rings. The van der Waals surface area contributed by atoms with Crippen LogP contribution in [0.2, 0.25) is 0 Å². The van der Waals surface area contributed by atoms with E-state index in [-0.39, 0.29) is 12.5 Å². The average molecular weight is 284 g/mol. The SMILES string of the molecule is O=C(O)CCc1ccc(OC2COc3ccccc32)cc1. The first-order chi connectivity index (χ1) is 10.2. The van der Waals surface area contributed by atoms with Crippen molar-refractivity contribution in [2.45, 2.75) is 18.9 Å². The van der Waals surface area contributed by atoms with E-state index < -0.39 is 5.97 Å². The molecule has 21 heavy (non-hydrogen) atoms. The van der Waals surface area contributed by atoms with Crippen LogP contribution in [0.3, 0.4) is 0 Å².